The SMILES string of the molecule is COC(=O)[C@@H]1CN(Cc2ccccc2)CC1c1ccc(C)cc1. The molecule has 3 rings (SSSR count). The molecule has 0 saturated carbocycles. The van der Waals surface area contributed by atoms with E-state index in [0.29, 0.717) is 0 Å². The molecule has 0 aliphatic carbocycles. The maximum Gasteiger partial charge on any atom is 0.310 e. The summed E-state index contributed by atoms with van der Waals surface area (Å²) >= 11 is 0. The van der Waals surface area contributed by atoms with Crippen molar-refractivity contribution in [1.82, 2.24) is 4.90 Å². The third-order valence-electron chi connectivity index (χ3n) is 4.65. The van der Waals surface area contributed by atoms with Gasteiger partial charge in [-0.15, -0.1) is 0 Å². The van der Waals surface area contributed by atoms with Gasteiger partial charge >= 0.3 is 5.97 Å². The van der Waals surface area contributed by atoms with Crippen molar-refractivity contribution in [3.05, 3.63) is 71.3 Å². The van der Waals surface area contributed by atoms with Crippen LogP contribution in [0.4, 0.5) is 0 Å². The quantitative estimate of drug-likeness (QED) is 0.811. The molecule has 1 aliphatic heterocycles. The second kappa shape index (κ2) is 6.97. The molecular formula is C20H23NO2. The van der Waals surface area contributed by atoms with Gasteiger partial charge in [0.25, 0.3) is 0 Å². The van der Waals surface area contributed by atoms with Crippen molar-refractivity contribution in [3.63, 3.8) is 0 Å². The minimum absolute atomic E-state index is 0.0913. The van der Waals surface area contributed by atoms with Gasteiger partial charge in [-0.3, -0.25) is 9.69 Å². The smallest absolute Gasteiger partial charge is 0.310 e. The van der Waals surface area contributed by atoms with Gasteiger partial charge in [-0.05, 0) is 18.1 Å². The highest BCUT2D eigenvalue weighted by Gasteiger charge is 2.39. The molecule has 1 saturated heterocycles. The molecule has 1 aliphatic rings. The summed E-state index contributed by atoms with van der Waals surface area (Å²) in [5.41, 5.74) is 3.74. The second-order valence-corrected chi connectivity index (χ2v) is 6.33. The average Bonchev–Trinajstić information content (AvgIpc) is 2.99. The molecule has 23 heavy (non-hydrogen) atoms. The lowest BCUT2D eigenvalue weighted by molar-refractivity contribution is -0.145. The van der Waals surface area contributed by atoms with Crippen LogP contribution >= 0.6 is 0 Å². The molecular weight excluding hydrogens is 286 g/mol. The average molecular weight is 309 g/mol. The van der Waals surface area contributed by atoms with Crippen LogP contribution in [0.25, 0.3) is 0 Å². The molecule has 3 heteroatoms. The number of likely N-dealkylation sites (tertiary alicyclic amines) is 1. The number of hydrogen-bond donors (Lipinski definition) is 0. The summed E-state index contributed by atoms with van der Waals surface area (Å²) in [4.78, 5) is 14.6. The topological polar surface area (TPSA) is 29.5 Å². The highest BCUT2D eigenvalue weighted by atomic mass is 16.5. The summed E-state index contributed by atoms with van der Waals surface area (Å²) in [6.45, 7) is 4.59. The summed E-state index contributed by atoms with van der Waals surface area (Å²) in [6, 6.07) is 18.9. The van der Waals surface area contributed by atoms with Gasteiger partial charge in [0.1, 0.15) is 0 Å². The van der Waals surface area contributed by atoms with Gasteiger partial charge in [0.2, 0.25) is 0 Å². The maximum absolute atomic E-state index is 12.2. The Labute approximate surface area is 137 Å². The van der Waals surface area contributed by atoms with Gasteiger partial charge in [-0.2, -0.15) is 0 Å². The normalized spacial score (nSPS) is 21.3. The van der Waals surface area contributed by atoms with E-state index in [1.807, 2.05) is 6.07 Å². The fraction of sp³-hybridized carbons (Fsp3) is 0.350. The van der Waals surface area contributed by atoms with E-state index in [1.165, 1.54) is 23.8 Å². The van der Waals surface area contributed by atoms with Crippen LogP contribution in [0.15, 0.2) is 54.6 Å². The van der Waals surface area contributed by atoms with Gasteiger partial charge < -0.3 is 4.74 Å². The van der Waals surface area contributed by atoms with Crippen molar-refractivity contribution in [2.45, 2.75) is 19.4 Å². The zero-order valence-corrected chi connectivity index (χ0v) is 13.7. The zero-order chi connectivity index (χ0) is 16.2. The van der Waals surface area contributed by atoms with E-state index in [4.69, 9.17) is 4.74 Å². The summed E-state index contributed by atoms with van der Waals surface area (Å²) in [7, 11) is 1.48. The molecule has 2 aromatic carbocycles. The molecule has 0 radical (unpaired) electrons. The molecule has 1 heterocycles. The number of ether oxygens (including phenoxy) is 1. The lowest BCUT2D eigenvalue weighted by atomic mass is 9.88. The minimum atomic E-state index is -0.105. The van der Waals surface area contributed by atoms with E-state index in [2.05, 4.69) is 60.4 Å². The summed E-state index contributed by atoms with van der Waals surface area (Å²) in [6.07, 6.45) is 0. The Balaban J connectivity index is 1.79. The summed E-state index contributed by atoms with van der Waals surface area (Å²) < 4.78 is 5.04. The minimum Gasteiger partial charge on any atom is -0.469 e. The third-order valence-corrected chi connectivity index (χ3v) is 4.65. The molecule has 1 unspecified atom stereocenters. The number of nitrogens with zero attached hydrogens (tertiary/aromatic N) is 1. The molecule has 1 fully saturated rings. The lowest BCUT2D eigenvalue weighted by Gasteiger charge is -2.17. The first-order chi connectivity index (χ1) is 11.2. The van der Waals surface area contributed by atoms with Crippen LogP contribution in [0, 0.1) is 12.8 Å². The molecule has 0 N–H and O–H groups in total. The fourth-order valence-electron chi connectivity index (χ4n) is 3.40. The van der Waals surface area contributed by atoms with E-state index >= 15 is 0 Å². The zero-order valence-electron chi connectivity index (χ0n) is 13.7. The second-order valence-electron chi connectivity index (χ2n) is 6.33. The standard InChI is InChI=1S/C20H23NO2/c1-15-8-10-17(11-9-15)18-13-21(14-19(18)20(22)23-2)12-16-6-4-3-5-7-16/h3-11,18-19H,12-14H2,1-2H3/t18?,19-/m1/s1. The molecule has 0 amide bonds. The first kappa shape index (κ1) is 15.8. The Kier molecular flexibility index (Phi) is 4.77. The molecule has 0 aromatic heterocycles. The largest absolute Gasteiger partial charge is 0.469 e. The number of carbonyl (C=O) groups is 1. The van der Waals surface area contributed by atoms with Crippen molar-refractivity contribution in [2.75, 3.05) is 20.2 Å². The van der Waals surface area contributed by atoms with Crippen molar-refractivity contribution < 1.29 is 9.53 Å². The molecule has 3 nitrogen and oxygen atoms in total. The van der Waals surface area contributed by atoms with Crippen LogP contribution in [0.1, 0.15) is 22.6 Å². The Morgan fingerprint density at radius 3 is 2.43 bits per heavy atom. The van der Waals surface area contributed by atoms with Crippen LogP contribution in [0.3, 0.4) is 0 Å². The predicted molar refractivity (Wildman–Crippen MR) is 91.1 cm³/mol. The molecule has 2 aromatic rings. The van der Waals surface area contributed by atoms with Crippen molar-refractivity contribution in [1.29, 1.82) is 0 Å². The van der Waals surface area contributed by atoms with Crippen LogP contribution in [-0.2, 0) is 16.1 Å². The number of benzene rings is 2. The van der Waals surface area contributed by atoms with Crippen LogP contribution in [-0.4, -0.2) is 31.1 Å². The van der Waals surface area contributed by atoms with Crippen molar-refractivity contribution >= 4 is 5.97 Å². The van der Waals surface area contributed by atoms with Gasteiger partial charge in [-0.1, -0.05) is 60.2 Å². The van der Waals surface area contributed by atoms with Crippen molar-refractivity contribution in [2.24, 2.45) is 5.92 Å². The first-order valence-corrected chi connectivity index (χ1v) is 8.08. The number of esters is 1. The lowest BCUT2D eigenvalue weighted by Crippen LogP contribution is -2.24. The van der Waals surface area contributed by atoms with Crippen LogP contribution in [0.5, 0.6) is 0 Å². The van der Waals surface area contributed by atoms with Gasteiger partial charge in [0.05, 0.1) is 13.0 Å². The molecule has 120 valence electrons. The van der Waals surface area contributed by atoms with E-state index in [9.17, 15) is 4.79 Å². The highest BCUT2D eigenvalue weighted by Crippen LogP contribution is 2.34. The fourth-order valence-corrected chi connectivity index (χ4v) is 3.40. The first-order valence-electron chi connectivity index (χ1n) is 8.08. The Morgan fingerprint density at radius 2 is 1.78 bits per heavy atom. The monoisotopic (exact) mass is 309 g/mol. The van der Waals surface area contributed by atoms with E-state index < -0.39 is 0 Å². The Bertz CT molecular complexity index is 651. The summed E-state index contributed by atoms with van der Waals surface area (Å²) in [5.74, 6) is 0.00400. The molecule has 2 atom stereocenters. The number of methoxy groups -OCH3 is 1. The number of aryl methyl sites for hydroxylation is 1. The summed E-state index contributed by atoms with van der Waals surface area (Å²) in [5, 5.41) is 0. The Morgan fingerprint density at radius 1 is 1.09 bits per heavy atom. The van der Waals surface area contributed by atoms with Crippen molar-refractivity contribution in [3.8, 4) is 0 Å². The van der Waals surface area contributed by atoms with E-state index in [0.717, 1.165) is 19.6 Å². The number of carbonyl (C=O) groups excluding carboxylic acids is 1. The highest BCUT2D eigenvalue weighted by molar-refractivity contribution is 5.74. The van der Waals surface area contributed by atoms with Gasteiger partial charge in [0, 0.05) is 25.6 Å². The predicted octanol–water partition coefficient (Wildman–Crippen LogP) is 3.38. The van der Waals surface area contributed by atoms with E-state index in [1.54, 1.807) is 0 Å². The third kappa shape index (κ3) is 3.62. The van der Waals surface area contributed by atoms with E-state index in [-0.39, 0.29) is 17.8 Å². The van der Waals surface area contributed by atoms with Crippen LogP contribution < -0.4 is 0 Å². The van der Waals surface area contributed by atoms with Gasteiger partial charge in [0.15, 0.2) is 0 Å². The molecule has 0 bridgehead atoms. The molecule has 0 spiro atoms. The van der Waals surface area contributed by atoms with Gasteiger partial charge in [-0.25, -0.2) is 0 Å². The number of hydrogen-bond acceptors (Lipinski definition) is 3. The Hall–Kier alpha value is -2.13. The number of rotatable bonds is 4. The van der Waals surface area contributed by atoms with Crippen LogP contribution in [0.2, 0.25) is 0 Å². The maximum atomic E-state index is 12.2.